The number of fused-ring (bicyclic) bond motifs is 3. The average Bonchev–Trinajstić information content (AvgIpc) is 3.34. The van der Waals surface area contributed by atoms with Crippen molar-refractivity contribution in [2.75, 3.05) is 0 Å². The molecule has 3 nitrogen and oxygen atoms in total. The Morgan fingerprint density at radius 2 is 0.978 bits per heavy atom. The Hall–Kier alpha value is -5.67. The number of aromatic nitrogens is 3. The summed E-state index contributed by atoms with van der Waals surface area (Å²) >= 11 is 0. The van der Waals surface area contributed by atoms with Crippen molar-refractivity contribution in [1.82, 2.24) is 15.0 Å². The third kappa shape index (κ3) is 4.83. The third-order valence-electron chi connectivity index (χ3n) is 9.03. The zero-order valence-corrected chi connectivity index (χ0v) is 25.3. The molecule has 0 radical (unpaired) electrons. The maximum absolute atomic E-state index is 5.07. The third-order valence-corrected chi connectivity index (χ3v) is 9.03. The molecule has 7 aromatic rings. The van der Waals surface area contributed by atoms with E-state index >= 15 is 0 Å². The van der Waals surface area contributed by atoms with Gasteiger partial charge in [0.2, 0.25) is 0 Å². The molecule has 0 amide bonds. The van der Waals surface area contributed by atoms with Crippen LogP contribution < -0.4 is 0 Å². The van der Waals surface area contributed by atoms with Gasteiger partial charge in [-0.1, -0.05) is 135 Å². The van der Waals surface area contributed by atoms with Crippen molar-refractivity contribution >= 4 is 0 Å². The van der Waals surface area contributed by atoms with E-state index in [4.69, 9.17) is 9.97 Å². The molecular weight excluding hydrogens is 546 g/mol. The highest BCUT2D eigenvalue weighted by atomic mass is 14.9. The van der Waals surface area contributed by atoms with Crippen LogP contribution in [0.1, 0.15) is 25.0 Å². The molecule has 2 heterocycles. The summed E-state index contributed by atoms with van der Waals surface area (Å²) in [6.07, 6.45) is 3.67. The lowest BCUT2D eigenvalue weighted by Crippen LogP contribution is -2.14. The summed E-state index contributed by atoms with van der Waals surface area (Å²) in [7, 11) is 0. The van der Waals surface area contributed by atoms with Gasteiger partial charge in [-0.2, -0.15) is 0 Å². The molecule has 0 fully saturated rings. The number of rotatable bonds is 5. The molecule has 1 aliphatic carbocycles. The molecule has 0 aliphatic heterocycles. The Bertz CT molecular complexity index is 2150. The zero-order chi connectivity index (χ0) is 30.4. The Balaban J connectivity index is 1.16. The van der Waals surface area contributed by atoms with Crippen LogP contribution in [0.25, 0.3) is 67.3 Å². The molecule has 0 N–H and O–H groups in total. The number of pyridine rings is 1. The summed E-state index contributed by atoms with van der Waals surface area (Å²) in [4.78, 5) is 14.3. The number of nitrogens with zero attached hydrogens (tertiary/aromatic N) is 3. The Morgan fingerprint density at radius 3 is 1.69 bits per heavy atom. The molecule has 3 heteroatoms. The summed E-state index contributed by atoms with van der Waals surface area (Å²) in [6, 6.07) is 49.3. The number of hydrogen-bond donors (Lipinski definition) is 0. The van der Waals surface area contributed by atoms with Crippen molar-refractivity contribution in [2.45, 2.75) is 19.3 Å². The smallest absolute Gasteiger partial charge is 0.160 e. The standard InChI is InChI=1S/C42H31N3/c1-42(2)37-13-7-6-12-35(37)36-23-22-33(25-38(36)42)28-14-18-31(19-15-28)40-26-39(30-9-4-3-5-10-30)44-41(45-40)32-20-16-29(17-21-32)34-11-8-24-43-27-34/h3-27H,1-2H3. The van der Waals surface area contributed by atoms with Crippen LogP contribution in [-0.4, -0.2) is 15.0 Å². The molecule has 0 bridgehead atoms. The van der Waals surface area contributed by atoms with Gasteiger partial charge in [0, 0.05) is 34.5 Å². The van der Waals surface area contributed by atoms with Crippen LogP contribution in [0, 0.1) is 0 Å². The Kier molecular flexibility index (Phi) is 6.46. The van der Waals surface area contributed by atoms with E-state index in [0.29, 0.717) is 5.82 Å². The minimum atomic E-state index is -0.0245. The molecule has 214 valence electrons. The van der Waals surface area contributed by atoms with Gasteiger partial charge in [-0.05, 0) is 62.7 Å². The zero-order valence-electron chi connectivity index (χ0n) is 25.3. The van der Waals surface area contributed by atoms with Crippen LogP contribution in [-0.2, 0) is 5.41 Å². The van der Waals surface area contributed by atoms with E-state index in [0.717, 1.165) is 39.2 Å². The first-order valence-corrected chi connectivity index (χ1v) is 15.4. The Labute approximate surface area is 264 Å². The van der Waals surface area contributed by atoms with Crippen molar-refractivity contribution in [3.8, 4) is 67.3 Å². The van der Waals surface area contributed by atoms with Crippen molar-refractivity contribution in [1.29, 1.82) is 0 Å². The molecule has 2 aromatic heterocycles. The molecular formula is C42H31N3. The van der Waals surface area contributed by atoms with Gasteiger partial charge in [-0.3, -0.25) is 4.98 Å². The SMILES string of the molecule is CC1(C)c2ccccc2-c2ccc(-c3ccc(-c4cc(-c5ccccc5)nc(-c5ccc(-c6cccnc6)cc5)n4)cc3)cc21. The Morgan fingerprint density at radius 1 is 0.422 bits per heavy atom. The van der Waals surface area contributed by atoms with Gasteiger partial charge in [-0.15, -0.1) is 0 Å². The van der Waals surface area contributed by atoms with Crippen molar-refractivity contribution in [2.24, 2.45) is 0 Å². The maximum Gasteiger partial charge on any atom is 0.160 e. The molecule has 5 aromatic carbocycles. The van der Waals surface area contributed by atoms with Gasteiger partial charge in [0.1, 0.15) is 0 Å². The monoisotopic (exact) mass is 577 g/mol. The highest BCUT2D eigenvalue weighted by Gasteiger charge is 2.35. The van der Waals surface area contributed by atoms with Gasteiger partial charge < -0.3 is 0 Å². The van der Waals surface area contributed by atoms with Gasteiger partial charge in [0.25, 0.3) is 0 Å². The molecule has 0 saturated carbocycles. The first kappa shape index (κ1) is 26.9. The van der Waals surface area contributed by atoms with E-state index in [1.165, 1.54) is 33.4 Å². The van der Waals surface area contributed by atoms with Gasteiger partial charge in [0.05, 0.1) is 11.4 Å². The summed E-state index contributed by atoms with van der Waals surface area (Å²) < 4.78 is 0. The van der Waals surface area contributed by atoms with E-state index in [1.54, 1.807) is 6.20 Å². The van der Waals surface area contributed by atoms with E-state index < -0.39 is 0 Å². The van der Waals surface area contributed by atoms with E-state index in [-0.39, 0.29) is 5.41 Å². The second-order valence-electron chi connectivity index (χ2n) is 12.2. The fourth-order valence-corrected chi connectivity index (χ4v) is 6.54. The van der Waals surface area contributed by atoms with Gasteiger partial charge in [0.15, 0.2) is 5.82 Å². The molecule has 1 aliphatic rings. The minimum absolute atomic E-state index is 0.0245. The van der Waals surface area contributed by atoms with E-state index in [9.17, 15) is 0 Å². The normalized spacial score (nSPS) is 12.8. The average molecular weight is 578 g/mol. The molecule has 0 saturated heterocycles. The highest BCUT2D eigenvalue weighted by Crippen LogP contribution is 2.49. The summed E-state index contributed by atoms with van der Waals surface area (Å²) in [6.45, 7) is 4.65. The van der Waals surface area contributed by atoms with Gasteiger partial charge in [-0.25, -0.2) is 9.97 Å². The summed E-state index contributed by atoms with van der Waals surface area (Å²) in [5.41, 5.74) is 14.9. The quantitative estimate of drug-likeness (QED) is 0.204. The summed E-state index contributed by atoms with van der Waals surface area (Å²) in [5.74, 6) is 0.702. The first-order valence-electron chi connectivity index (χ1n) is 15.4. The lowest BCUT2D eigenvalue weighted by atomic mass is 9.81. The predicted molar refractivity (Wildman–Crippen MR) is 185 cm³/mol. The minimum Gasteiger partial charge on any atom is -0.264 e. The largest absolute Gasteiger partial charge is 0.264 e. The topological polar surface area (TPSA) is 38.7 Å². The lowest BCUT2D eigenvalue weighted by molar-refractivity contribution is 0.660. The second-order valence-corrected chi connectivity index (χ2v) is 12.2. The molecule has 8 rings (SSSR count). The predicted octanol–water partition coefficient (Wildman–Crippen LogP) is 10.5. The van der Waals surface area contributed by atoms with Crippen LogP contribution in [0.2, 0.25) is 0 Å². The maximum atomic E-state index is 5.07. The fraction of sp³-hybridized carbons (Fsp3) is 0.0714. The van der Waals surface area contributed by atoms with Crippen LogP contribution in [0.15, 0.2) is 152 Å². The van der Waals surface area contributed by atoms with Crippen LogP contribution in [0.4, 0.5) is 0 Å². The van der Waals surface area contributed by atoms with E-state index in [2.05, 4.69) is 134 Å². The first-order chi connectivity index (χ1) is 22.0. The lowest BCUT2D eigenvalue weighted by Gasteiger charge is -2.22. The van der Waals surface area contributed by atoms with Crippen molar-refractivity contribution < 1.29 is 0 Å². The molecule has 0 atom stereocenters. The molecule has 45 heavy (non-hydrogen) atoms. The molecule has 0 spiro atoms. The van der Waals surface area contributed by atoms with Gasteiger partial charge >= 0.3 is 0 Å². The molecule has 0 unspecified atom stereocenters. The highest BCUT2D eigenvalue weighted by molar-refractivity contribution is 5.84. The van der Waals surface area contributed by atoms with Crippen LogP contribution in [0.5, 0.6) is 0 Å². The number of hydrogen-bond acceptors (Lipinski definition) is 3. The van der Waals surface area contributed by atoms with Crippen molar-refractivity contribution in [3.05, 3.63) is 163 Å². The summed E-state index contributed by atoms with van der Waals surface area (Å²) in [5, 5.41) is 0. The fourth-order valence-electron chi connectivity index (χ4n) is 6.54. The second kappa shape index (κ2) is 10.8. The van der Waals surface area contributed by atoms with E-state index in [1.807, 2.05) is 30.5 Å². The van der Waals surface area contributed by atoms with Crippen molar-refractivity contribution in [3.63, 3.8) is 0 Å². The van der Waals surface area contributed by atoms with Crippen LogP contribution in [0.3, 0.4) is 0 Å². The number of benzene rings is 5. The van der Waals surface area contributed by atoms with Crippen LogP contribution >= 0.6 is 0 Å².